The predicted molar refractivity (Wildman–Crippen MR) is 130 cm³/mol. The molecule has 184 valence electrons. The van der Waals surface area contributed by atoms with Crippen molar-refractivity contribution in [1.82, 2.24) is 18.7 Å². The largest absolute Gasteiger partial charge is 0.478 e. The summed E-state index contributed by atoms with van der Waals surface area (Å²) in [5.41, 5.74) is -0.151. The van der Waals surface area contributed by atoms with Crippen LogP contribution in [-0.4, -0.2) is 29.8 Å². The monoisotopic (exact) mass is 479 g/mol. The third-order valence-electron chi connectivity index (χ3n) is 6.59. The molecule has 0 saturated heterocycles. The summed E-state index contributed by atoms with van der Waals surface area (Å²) in [6.45, 7) is 4.73. The lowest BCUT2D eigenvalue weighted by Crippen LogP contribution is -2.50. The molecule has 0 spiro atoms. The van der Waals surface area contributed by atoms with Crippen LogP contribution in [0.1, 0.15) is 49.9 Å². The summed E-state index contributed by atoms with van der Waals surface area (Å²) in [6, 6.07) is 9.00. The number of aromatic carboxylic acids is 1. The molecule has 0 atom stereocenters. The number of nitrogens with zero attached hydrogens (tertiary/aromatic N) is 4. The normalized spacial score (nSPS) is 18.5. The average Bonchev–Trinajstić information content (AvgIpc) is 2.84. The molecule has 0 radical (unpaired) electrons. The molecule has 2 aromatic heterocycles. The number of aromatic amines is 1. The molecular weight excluding hydrogens is 450 g/mol. The van der Waals surface area contributed by atoms with Gasteiger partial charge in [0.1, 0.15) is 0 Å². The van der Waals surface area contributed by atoms with Gasteiger partial charge in [-0.1, -0.05) is 19.8 Å². The Hall–Kier alpha value is -3.95. The molecule has 0 bridgehead atoms. The van der Waals surface area contributed by atoms with Crippen LogP contribution in [0.25, 0.3) is 5.69 Å². The maximum Gasteiger partial charge on any atom is 0.337 e. The van der Waals surface area contributed by atoms with E-state index in [1.807, 2.05) is 0 Å². The molecule has 1 fully saturated rings. The smallest absolute Gasteiger partial charge is 0.337 e. The number of nitrogens with one attached hydrogen (secondary N) is 1. The van der Waals surface area contributed by atoms with E-state index in [4.69, 9.17) is 0 Å². The Balaban J connectivity index is 1.73. The summed E-state index contributed by atoms with van der Waals surface area (Å²) in [7, 11) is 0. The zero-order valence-electron chi connectivity index (χ0n) is 19.8. The number of pyridine rings is 1. The van der Waals surface area contributed by atoms with E-state index in [0.29, 0.717) is 29.8 Å². The maximum absolute atomic E-state index is 13.1. The quantitative estimate of drug-likeness (QED) is 0.560. The first-order valence-corrected chi connectivity index (χ1v) is 11.8. The highest BCUT2D eigenvalue weighted by molar-refractivity contribution is 5.87. The summed E-state index contributed by atoms with van der Waals surface area (Å²) in [4.78, 5) is 56.3. The van der Waals surface area contributed by atoms with Crippen LogP contribution in [0, 0.1) is 11.8 Å². The molecule has 1 aromatic carbocycles. The van der Waals surface area contributed by atoms with Crippen molar-refractivity contribution in [1.29, 1.82) is 0 Å². The van der Waals surface area contributed by atoms with Crippen molar-refractivity contribution in [2.75, 3.05) is 0 Å². The minimum atomic E-state index is -1.13. The summed E-state index contributed by atoms with van der Waals surface area (Å²) in [5, 5.41) is 9.20. The minimum Gasteiger partial charge on any atom is -0.478 e. The highest BCUT2D eigenvalue weighted by Gasteiger charge is 2.20. The number of hydrogen-bond donors (Lipinski definition) is 2. The molecule has 35 heavy (non-hydrogen) atoms. The molecule has 10 heteroatoms. The molecule has 10 nitrogen and oxygen atoms in total. The Morgan fingerprint density at radius 3 is 2.34 bits per heavy atom. The average molecular weight is 480 g/mol. The van der Waals surface area contributed by atoms with Crippen LogP contribution in [-0.2, 0) is 13.1 Å². The molecule has 0 amide bonds. The van der Waals surface area contributed by atoms with Gasteiger partial charge in [0.2, 0.25) is 5.62 Å². The standard InChI is InChI=1S/C25H29N5O5/c1-3-28-24(34)27-23(30(25(28)35)14-17-6-4-16(2)5-7-17)26-19-9-11-20(12-10-19)29-15-18(22(32)33)8-13-21(29)31/h8-13,15-17H,3-7,14H2,1-2H3,(H,32,33)(H,26,27,34)/t16-,17-. The van der Waals surface area contributed by atoms with E-state index in [0.717, 1.165) is 30.3 Å². The van der Waals surface area contributed by atoms with Crippen LogP contribution in [0.4, 0.5) is 5.69 Å². The van der Waals surface area contributed by atoms with Gasteiger partial charge in [0.15, 0.2) is 0 Å². The van der Waals surface area contributed by atoms with Crippen molar-refractivity contribution >= 4 is 11.7 Å². The molecule has 3 aromatic rings. The highest BCUT2D eigenvalue weighted by atomic mass is 16.4. The first-order valence-electron chi connectivity index (χ1n) is 11.8. The highest BCUT2D eigenvalue weighted by Crippen LogP contribution is 2.28. The van der Waals surface area contributed by atoms with Crippen molar-refractivity contribution in [3.05, 3.63) is 85.1 Å². The van der Waals surface area contributed by atoms with Gasteiger partial charge in [-0.15, -0.1) is 0 Å². The predicted octanol–water partition coefficient (Wildman–Crippen LogP) is 2.27. The van der Waals surface area contributed by atoms with Gasteiger partial charge in [-0.3, -0.25) is 18.9 Å². The lowest BCUT2D eigenvalue weighted by molar-refractivity contribution is 0.0696. The molecule has 2 heterocycles. The second-order valence-corrected chi connectivity index (χ2v) is 9.08. The summed E-state index contributed by atoms with van der Waals surface area (Å²) < 4.78 is 3.94. The number of hydrogen-bond acceptors (Lipinski definition) is 5. The van der Waals surface area contributed by atoms with E-state index in [-0.39, 0.29) is 29.0 Å². The molecular formula is C25H29N5O5. The molecule has 4 rings (SSSR count). The minimum absolute atomic E-state index is 0.00873. The van der Waals surface area contributed by atoms with Crippen LogP contribution in [0.5, 0.6) is 0 Å². The van der Waals surface area contributed by atoms with E-state index in [2.05, 4.69) is 16.9 Å². The molecule has 2 N–H and O–H groups in total. The van der Waals surface area contributed by atoms with Gasteiger partial charge in [-0.25, -0.2) is 23.9 Å². The number of aromatic nitrogens is 4. The third kappa shape index (κ3) is 5.26. The molecule has 0 unspecified atom stereocenters. The summed E-state index contributed by atoms with van der Waals surface area (Å²) in [6.07, 6.45) is 5.55. The molecule has 0 aliphatic heterocycles. The van der Waals surface area contributed by atoms with Crippen LogP contribution in [0.15, 0.2) is 62.0 Å². The fraction of sp³-hybridized carbons (Fsp3) is 0.400. The Morgan fingerprint density at radius 2 is 1.71 bits per heavy atom. The number of rotatable bonds is 6. The molecule has 1 saturated carbocycles. The van der Waals surface area contributed by atoms with Crippen LogP contribution in [0.2, 0.25) is 0 Å². The first-order chi connectivity index (χ1) is 16.8. The van der Waals surface area contributed by atoms with Crippen molar-refractivity contribution < 1.29 is 9.90 Å². The Morgan fingerprint density at radius 1 is 1.03 bits per heavy atom. The van der Waals surface area contributed by atoms with Gasteiger partial charge >= 0.3 is 17.3 Å². The fourth-order valence-electron chi connectivity index (χ4n) is 4.48. The van der Waals surface area contributed by atoms with Gasteiger partial charge in [0, 0.05) is 31.0 Å². The van der Waals surface area contributed by atoms with Gasteiger partial charge in [-0.2, -0.15) is 0 Å². The van der Waals surface area contributed by atoms with E-state index >= 15 is 0 Å². The Labute approximate surface area is 200 Å². The second-order valence-electron chi connectivity index (χ2n) is 9.08. The Kier molecular flexibility index (Phi) is 6.99. The topological polar surface area (TPSA) is 131 Å². The lowest BCUT2D eigenvalue weighted by Gasteiger charge is -2.26. The van der Waals surface area contributed by atoms with E-state index in [9.17, 15) is 24.3 Å². The third-order valence-corrected chi connectivity index (χ3v) is 6.59. The number of benzene rings is 1. The maximum atomic E-state index is 13.1. The zero-order valence-corrected chi connectivity index (χ0v) is 19.8. The number of carboxylic acids is 1. The van der Waals surface area contributed by atoms with Gasteiger partial charge in [0.05, 0.1) is 11.3 Å². The first kappa shape index (κ1) is 24.2. The van der Waals surface area contributed by atoms with Gasteiger partial charge in [-0.05, 0) is 61.9 Å². The van der Waals surface area contributed by atoms with Crippen molar-refractivity contribution in [3.8, 4) is 5.69 Å². The van der Waals surface area contributed by atoms with Gasteiger partial charge < -0.3 is 5.11 Å². The number of H-pyrrole nitrogens is 1. The van der Waals surface area contributed by atoms with Crippen LogP contribution >= 0.6 is 0 Å². The molecule has 1 aliphatic rings. The van der Waals surface area contributed by atoms with E-state index < -0.39 is 11.7 Å². The number of carboxylic acid groups (broad SMARTS) is 1. The summed E-state index contributed by atoms with van der Waals surface area (Å²) >= 11 is 0. The zero-order chi connectivity index (χ0) is 25.1. The van der Waals surface area contributed by atoms with Crippen molar-refractivity contribution in [2.45, 2.75) is 52.6 Å². The van der Waals surface area contributed by atoms with Gasteiger partial charge in [0.25, 0.3) is 5.56 Å². The second kappa shape index (κ2) is 10.1. The van der Waals surface area contributed by atoms with Crippen LogP contribution in [0.3, 0.4) is 0 Å². The summed E-state index contributed by atoms with van der Waals surface area (Å²) in [5.74, 6) is -0.108. The molecule has 1 aliphatic carbocycles. The fourth-order valence-corrected chi connectivity index (χ4v) is 4.48. The van der Waals surface area contributed by atoms with Crippen molar-refractivity contribution in [2.24, 2.45) is 16.8 Å². The van der Waals surface area contributed by atoms with Crippen LogP contribution < -0.4 is 22.6 Å². The van der Waals surface area contributed by atoms with Crippen molar-refractivity contribution in [3.63, 3.8) is 0 Å². The van der Waals surface area contributed by atoms with E-state index in [1.54, 1.807) is 35.8 Å². The Bertz CT molecular complexity index is 1470. The lowest BCUT2D eigenvalue weighted by atomic mass is 9.83. The number of carbonyl (C=O) groups is 1. The SMILES string of the molecule is CCn1c(=O)[nH]/c(=N\c2ccc(-n3cc(C(=O)O)ccc3=O)cc2)n(C[C@H]2CC[C@H](C)CC2)c1=O. The van der Waals surface area contributed by atoms with E-state index in [1.165, 1.54) is 22.9 Å².